The zero-order chi connectivity index (χ0) is 22.0. The molecule has 1 aliphatic carbocycles. The highest BCUT2D eigenvalue weighted by Gasteiger charge is 2.30. The number of carboxylic acid groups (broad SMARTS) is 1. The topological polar surface area (TPSA) is 58.6 Å². The van der Waals surface area contributed by atoms with Gasteiger partial charge in [-0.2, -0.15) is 0 Å². The average Bonchev–Trinajstić information content (AvgIpc) is 3.22. The third-order valence-electron chi connectivity index (χ3n) is 6.45. The molecule has 4 heteroatoms. The number of carbonyl (C=O) groups is 1. The summed E-state index contributed by atoms with van der Waals surface area (Å²) < 4.78 is 5.63. The van der Waals surface area contributed by atoms with Crippen molar-refractivity contribution < 1.29 is 14.6 Å². The number of fused-ring (bicyclic) bond motifs is 1. The van der Waals surface area contributed by atoms with E-state index in [9.17, 15) is 9.90 Å². The van der Waals surface area contributed by atoms with E-state index < -0.39 is 11.6 Å². The summed E-state index contributed by atoms with van der Waals surface area (Å²) in [5.74, 6) is 0.133. The van der Waals surface area contributed by atoms with Crippen molar-refractivity contribution in [3.63, 3.8) is 0 Å². The number of carboxylic acids is 1. The summed E-state index contributed by atoms with van der Waals surface area (Å²) in [7, 11) is 0. The van der Waals surface area contributed by atoms with Crippen molar-refractivity contribution in [3.8, 4) is 5.75 Å². The highest BCUT2D eigenvalue weighted by atomic mass is 16.5. The van der Waals surface area contributed by atoms with Gasteiger partial charge >= 0.3 is 5.97 Å². The van der Waals surface area contributed by atoms with Gasteiger partial charge in [0.15, 0.2) is 5.60 Å². The maximum Gasteiger partial charge on any atom is 0.347 e. The Labute approximate surface area is 184 Å². The molecular weight excluding hydrogens is 386 g/mol. The molecule has 3 aromatic carbocycles. The first-order chi connectivity index (χ1) is 14.8. The fourth-order valence-corrected chi connectivity index (χ4v) is 4.65. The van der Waals surface area contributed by atoms with Gasteiger partial charge < -0.3 is 15.2 Å². The highest BCUT2D eigenvalue weighted by Crippen LogP contribution is 2.37. The molecule has 0 aliphatic heterocycles. The first kappa shape index (κ1) is 21.4. The van der Waals surface area contributed by atoms with Crippen LogP contribution in [0.3, 0.4) is 0 Å². The van der Waals surface area contributed by atoms with Crippen molar-refractivity contribution in [2.24, 2.45) is 0 Å². The van der Waals surface area contributed by atoms with Gasteiger partial charge in [0.05, 0.1) is 0 Å². The maximum atomic E-state index is 11.3. The minimum atomic E-state index is -1.23. The van der Waals surface area contributed by atoms with E-state index in [4.69, 9.17) is 4.74 Å². The number of rotatable bonds is 7. The van der Waals surface area contributed by atoms with Crippen LogP contribution in [0.25, 0.3) is 10.8 Å². The minimum Gasteiger partial charge on any atom is -0.478 e. The Morgan fingerprint density at radius 2 is 1.74 bits per heavy atom. The zero-order valence-electron chi connectivity index (χ0n) is 18.5. The molecular formula is C27H31NO3. The lowest BCUT2D eigenvalue weighted by molar-refractivity contribution is -0.152. The van der Waals surface area contributed by atoms with E-state index in [1.807, 2.05) is 12.1 Å². The summed E-state index contributed by atoms with van der Waals surface area (Å²) in [6.45, 7) is 5.38. The van der Waals surface area contributed by atoms with Crippen molar-refractivity contribution in [1.29, 1.82) is 0 Å². The van der Waals surface area contributed by atoms with E-state index in [0.717, 1.165) is 19.3 Å². The Hall–Kier alpha value is -2.85. The first-order valence-corrected chi connectivity index (χ1v) is 11.1. The van der Waals surface area contributed by atoms with Gasteiger partial charge in [-0.1, -0.05) is 54.6 Å². The molecule has 0 heterocycles. The van der Waals surface area contributed by atoms with Crippen LogP contribution in [0.5, 0.6) is 5.75 Å². The highest BCUT2D eigenvalue weighted by molar-refractivity contribution is 5.86. The van der Waals surface area contributed by atoms with Crippen molar-refractivity contribution >= 4 is 16.7 Å². The van der Waals surface area contributed by atoms with Gasteiger partial charge in [-0.3, -0.25) is 0 Å². The van der Waals surface area contributed by atoms with E-state index in [1.54, 1.807) is 13.8 Å². The van der Waals surface area contributed by atoms with Crippen molar-refractivity contribution in [3.05, 3.63) is 77.9 Å². The molecule has 2 N–H and O–H groups in total. The average molecular weight is 418 g/mol. The maximum absolute atomic E-state index is 11.3. The van der Waals surface area contributed by atoms with Crippen LogP contribution >= 0.6 is 0 Å². The fraction of sp³-hybridized carbons (Fsp3) is 0.370. The lowest BCUT2D eigenvalue weighted by Gasteiger charge is -2.22. The predicted molar refractivity (Wildman–Crippen MR) is 125 cm³/mol. The van der Waals surface area contributed by atoms with E-state index in [1.165, 1.54) is 21.9 Å². The van der Waals surface area contributed by atoms with Crippen LogP contribution in [0.15, 0.2) is 66.7 Å². The zero-order valence-corrected chi connectivity index (χ0v) is 18.5. The molecule has 0 bridgehead atoms. The molecule has 1 fully saturated rings. The molecule has 0 spiro atoms. The van der Waals surface area contributed by atoms with Crippen LogP contribution in [0.2, 0.25) is 0 Å². The van der Waals surface area contributed by atoms with E-state index >= 15 is 0 Å². The second-order valence-corrected chi connectivity index (χ2v) is 9.15. The molecule has 0 radical (unpaired) electrons. The van der Waals surface area contributed by atoms with Gasteiger partial charge in [0, 0.05) is 12.1 Å². The molecule has 1 saturated carbocycles. The van der Waals surface area contributed by atoms with Crippen LogP contribution in [0.4, 0.5) is 0 Å². The van der Waals surface area contributed by atoms with Crippen molar-refractivity contribution in [1.82, 2.24) is 5.32 Å². The quantitative estimate of drug-likeness (QED) is 0.490. The lowest BCUT2D eigenvalue weighted by Crippen LogP contribution is -2.37. The number of hydrogen-bond acceptors (Lipinski definition) is 3. The number of hydrogen-bond donors (Lipinski definition) is 2. The van der Waals surface area contributed by atoms with Gasteiger partial charge in [-0.25, -0.2) is 4.79 Å². The number of ether oxygens (including phenoxy) is 1. The largest absolute Gasteiger partial charge is 0.478 e. The summed E-state index contributed by atoms with van der Waals surface area (Å²) in [4.78, 5) is 11.3. The SMILES string of the molecule is C[C@@H](NC1CCC(c2ccc(OC(C)(C)C(=O)O)cc2)C1)c1cccc2ccccc12. The predicted octanol–water partition coefficient (Wildman–Crippen LogP) is 6.07. The minimum absolute atomic E-state index is 0.295. The molecule has 2 unspecified atom stereocenters. The van der Waals surface area contributed by atoms with Gasteiger partial charge in [0.25, 0.3) is 0 Å². The lowest BCUT2D eigenvalue weighted by atomic mass is 9.96. The third-order valence-corrected chi connectivity index (χ3v) is 6.45. The standard InChI is InChI=1S/C27H31NO3/c1-18(24-10-6-8-20-7-4-5-9-25(20)24)28-22-14-11-21(17-22)19-12-15-23(16-13-19)31-27(2,3)26(29)30/h4-10,12-13,15-16,18,21-22,28H,11,14,17H2,1-3H3,(H,29,30)/t18-,21?,22?/m1/s1. The summed E-state index contributed by atoms with van der Waals surface area (Å²) >= 11 is 0. The fourth-order valence-electron chi connectivity index (χ4n) is 4.65. The third kappa shape index (κ3) is 4.75. The van der Waals surface area contributed by atoms with Crippen LogP contribution in [0.1, 0.15) is 63.1 Å². The second-order valence-electron chi connectivity index (χ2n) is 9.15. The molecule has 1 aliphatic rings. The first-order valence-electron chi connectivity index (χ1n) is 11.1. The van der Waals surface area contributed by atoms with Gasteiger partial charge in [-0.15, -0.1) is 0 Å². The summed E-state index contributed by atoms with van der Waals surface area (Å²) in [5, 5.41) is 15.7. The molecule has 3 aromatic rings. The molecule has 0 aromatic heterocycles. The van der Waals surface area contributed by atoms with Crippen LogP contribution < -0.4 is 10.1 Å². The van der Waals surface area contributed by atoms with Gasteiger partial charge in [0.1, 0.15) is 5.75 Å². The summed E-state index contributed by atoms with van der Waals surface area (Å²) in [5.41, 5.74) is 1.41. The Morgan fingerprint density at radius 3 is 2.48 bits per heavy atom. The molecule has 162 valence electrons. The number of benzene rings is 3. The van der Waals surface area contributed by atoms with E-state index in [2.05, 4.69) is 66.8 Å². The van der Waals surface area contributed by atoms with Crippen LogP contribution in [-0.2, 0) is 4.79 Å². The van der Waals surface area contributed by atoms with Gasteiger partial charge in [0.2, 0.25) is 0 Å². The molecule has 0 amide bonds. The Kier molecular flexibility index (Phi) is 6.01. The molecule has 4 nitrogen and oxygen atoms in total. The summed E-state index contributed by atoms with van der Waals surface area (Å²) in [6.07, 6.45) is 3.42. The normalized spacial score (nSPS) is 20.0. The smallest absolute Gasteiger partial charge is 0.347 e. The van der Waals surface area contributed by atoms with E-state index in [0.29, 0.717) is 23.8 Å². The molecule has 4 rings (SSSR count). The van der Waals surface area contributed by atoms with E-state index in [-0.39, 0.29) is 0 Å². The van der Waals surface area contributed by atoms with Crippen LogP contribution in [-0.4, -0.2) is 22.7 Å². The Balaban J connectivity index is 1.38. The molecule has 0 saturated heterocycles. The number of nitrogens with one attached hydrogen (secondary N) is 1. The molecule has 31 heavy (non-hydrogen) atoms. The van der Waals surface area contributed by atoms with Crippen molar-refractivity contribution in [2.75, 3.05) is 0 Å². The summed E-state index contributed by atoms with van der Waals surface area (Å²) in [6, 6.07) is 23.8. The molecule has 3 atom stereocenters. The Morgan fingerprint density at radius 1 is 1.03 bits per heavy atom. The van der Waals surface area contributed by atoms with Crippen molar-refractivity contribution in [2.45, 2.75) is 63.6 Å². The number of aliphatic carboxylic acids is 1. The van der Waals surface area contributed by atoms with Gasteiger partial charge in [-0.05, 0) is 80.0 Å². The Bertz CT molecular complexity index is 1050. The second kappa shape index (κ2) is 8.72. The van der Waals surface area contributed by atoms with Crippen LogP contribution in [0, 0.1) is 0 Å². The monoisotopic (exact) mass is 417 g/mol.